The summed E-state index contributed by atoms with van der Waals surface area (Å²) >= 11 is 0. The van der Waals surface area contributed by atoms with Gasteiger partial charge in [0.2, 0.25) is 5.91 Å². The van der Waals surface area contributed by atoms with E-state index >= 15 is 0 Å². The highest BCUT2D eigenvalue weighted by Gasteiger charge is 2.10. The number of hydrogen-bond acceptors (Lipinski definition) is 4. The summed E-state index contributed by atoms with van der Waals surface area (Å²) in [5.74, 6) is 0.380. The number of rotatable bonds is 8. The highest BCUT2D eigenvalue weighted by molar-refractivity contribution is 14.0. The first-order chi connectivity index (χ1) is 11.7. The second-order valence-corrected chi connectivity index (χ2v) is 8.25. The zero-order valence-electron chi connectivity index (χ0n) is 15.7. The number of carbonyl (C=O) groups is 1. The Kier molecular flexibility index (Phi) is 11.5. The zero-order valence-corrected chi connectivity index (χ0v) is 18.9. The number of anilines is 1. The Morgan fingerprint density at radius 3 is 2.58 bits per heavy atom. The van der Waals surface area contributed by atoms with Crippen molar-refractivity contribution < 1.29 is 13.2 Å². The molecule has 1 aromatic rings. The molecule has 148 valence electrons. The highest BCUT2D eigenvalue weighted by atomic mass is 127. The minimum Gasteiger partial charge on any atom is -0.354 e. The average Bonchev–Trinajstić information content (AvgIpc) is 2.56. The largest absolute Gasteiger partial charge is 0.354 e. The Morgan fingerprint density at radius 2 is 2.00 bits per heavy atom. The first-order valence-electron chi connectivity index (χ1n) is 8.27. The number of sulfone groups is 1. The third-order valence-corrected chi connectivity index (χ3v) is 4.54. The predicted molar refractivity (Wildman–Crippen MR) is 118 cm³/mol. The summed E-state index contributed by atoms with van der Waals surface area (Å²) in [7, 11) is -1.39. The maximum absolute atomic E-state index is 12.0. The predicted octanol–water partition coefficient (Wildman–Crippen LogP) is 1.79. The Hall–Kier alpha value is -1.36. The van der Waals surface area contributed by atoms with Crippen LogP contribution in [0, 0.1) is 0 Å². The molecule has 3 N–H and O–H groups in total. The first kappa shape index (κ1) is 24.6. The smallest absolute Gasteiger partial charge is 0.243 e. The van der Waals surface area contributed by atoms with Crippen LogP contribution >= 0.6 is 24.0 Å². The highest BCUT2D eigenvalue weighted by Crippen LogP contribution is 2.10. The molecule has 0 bridgehead atoms. The van der Waals surface area contributed by atoms with E-state index in [9.17, 15) is 13.2 Å². The van der Waals surface area contributed by atoms with Crippen molar-refractivity contribution >= 4 is 51.4 Å². The number of aliphatic imine (C=N–C) groups is 1. The van der Waals surface area contributed by atoms with Gasteiger partial charge in [0.05, 0.1) is 12.3 Å². The van der Waals surface area contributed by atoms with Crippen molar-refractivity contribution in [1.82, 2.24) is 10.6 Å². The van der Waals surface area contributed by atoms with Crippen molar-refractivity contribution in [3.63, 3.8) is 0 Å². The van der Waals surface area contributed by atoms with Crippen molar-refractivity contribution in [3.8, 4) is 0 Å². The minimum absolute atomic E-state index is 0. The number of benzene rings is 1. The summed E-state index contributed by atoms with van der Waals surface area (Å²) in [4.78, 5) is 16.1. The lowest BCUT2D eigenvalue weighted by Crippen LogP contribution is -2.45. The summed E-state index contributed by atoms with van der Waals surface area (Å²) in [5.41, 5.74) is 1.92. The number of carbonyl (C=O) groups excluding carboxylic acids is 1. The molecule has 1 aromatic carbocycles. The van der Waals surface area contributed by atoms with Gasteiger partial charge in [0.1, 0.15) is 9.84 Å². The molecule has 0 radical (unpaired) electrons. The van der Waals surface area contributed by atoms with Gasteiger partial charge in [-0.05, 0) is 37.5 Å². The quantitative estimate of drug-likeness (QED) is 0.290. The molecule has 1 rings (SSSR count). The van der Waals surface area contributed by atoms with Gasteiger partial charge in [-0.1, -0.05) is 19.1 Å². The van der Waals surface area contributed by atoms with Gasteiger partial charge in [-0.15, -0.1) is 24.0 Å². The number of halogens is 1. The summed E-state index contributed by atoms with van der Waals surface area (Å²) in [6, 6.07) is 7.63. The van der Waals surface area contributed by atoms with E-state index in [-0.39, 0.29) is 48.2 Å². The Bertz CT molecular complexity index is 708. The molecule has 1 amide bonds. The van der Waals surface area contributed by atoms with E-state index in [4.69, 9.17) is 0 Å². The number of hydrogen-bond donors (Lipinski definition) is 3. The third kappa shape index (κ3) is 10.6. The van der Waals surface area contributed by atoms with Crippen LogP contribution < -0.4 is 16.0 Å². The molecule has 26 heavy (non-hydrogen) atoms. The summed E-state index contributed by atoms with van der Waals surface area (Å²) in [6.07, 6.45) is 2.59. The SMILES string of the molecule is CCc1cccc(NC(=O)CNC(=NC)NC(C)CCS(C)(=O)=O)c1.I. The molecule has 0 fully saturated rings. The number of aryl methyl sites for hydroxylation is 1. The number of amides is 1. The number of nitrogens with zero attached hydrogens (tertiary/aromatic N) is 1. The summed E-state index contributed by atoms with van der Waals surface area (Å²) in [6.45, 7) is 3.99. The number of nitrogens with one attached hydrogen (secondary N) is 3. The molecular weight excluding hydrogens is 467 g/mol. The van der Waals surface area contributed by atoms with E-state index in [1.54, 1.807) is 7.05 Å². The van der Waals surface area contributed by atoms with Gasteiger partial charge in [-0.3, -0.25) is 9.79 Å². The maximum atomic E-state index is 12.0. The van der Waals surface area contributed by atoms with E-state index < -0.39 is 9.84 Å². The first-order valence-corrected chi connectivity index (χ1v) is 10.3. The van der Waals surface area contributed by atoms with Gasteiger partial charge in [0.15, 0.2) is 5.96 Å². The van der Waals surface area contributed by atoms with Crippen LogP contribution in [0.25, 0.3) is 0 Å². The van der Waals surface area contributed by atoms with Gasteiger partial charge in [-0.25, -0.2) is 8.42 Å². The maximum Gasteiger partial charge on any atom is 0.243 e. The van der Waals surface area contributed by atoms with Gasteiger partial charge in [0.25, 0.3) is 0 Å². The van der Waals surface area contributed by atoms with Crippen LogP contribution in [0.4, 0.5) is 5.69 Å². The molecule has 0 heterocycles. The van der Waals surface area contributed by atoms with Gasteiger partial charge in [-0.2, -0.15) is 0 Å². The molecule has 1 unspecified atom stereocenters. The van der Waals surface area contributed by atoms with E-state index in [1.165, 1.54) is 6.26 Å². The Labute approximate surface area is 173 Å². The monoisotopic (exact) mass is 496 g/mol. The molecule has 7 nitrogen and oxygen atoms in total. The molecule has 0 aliphatic rings. The van der Waals surface area contributed by atoms with Crippen LogP contribution in [0.5, 0.6) is 0 Å². The molecule has 0 aromatic heterocycles. The Morgan fingerprint density at radius 1 is 1.31 bits per heavy atom. The van der Waals surface area contributed by atoms with Crippen LogP contribution in [0.15, 0.2) is 29.3 Å². The van der Waals surface area contributed by atoms with Gasteiger partial charge < -0.3 is 16.0 Å². The summed E-state index contributed by atoms with van der Waals surface area (Å²) in [5, 5.41) is 8.83. The van der Waals surface area contributed by atoms with Crippen LogP contribution in [0.1, 0.15) is 25.8 Å². The molecule has 1 atom stereocenters. The van der Waals surface area contributed by atoms with Crippen LogP contribution in [0.3, 0.4) is 0 Å². The molecular formula is C17H29IN4O3S. The molecule has 0 spiro atoms. The fourth-order valence-corrected chi connectivity index (χ4v) is 2.91. The fourth-order valence-electron chi connectivity index (χ4n) is 2.13. The van der Waals surface area contributed by atoms with Gasteiger partial charge >= 0.3 is 0 Å². The van der Waals surface area contributed by atoms with Crippen molar-refractivity contribution in [2.45, 2.75) is 32.7 Å². The molecule has 0 aliphatic carbocycles. The molecule has 0 aliphatic heterocycles. The molecule has 0 saturated heterocycles. The normalized spacial score (nSPS) is 12.7. The lowest BCUT2D eigenvalue weighted by molar-refractivity contribution is -0.115. The molecule has 9 heteroatoms. The van der Waals surface area contributed by atoms with Crippen LogP contribution in [-0.2, 0) is 21.1 Å². The van der Waals surface area contributed by atoms with E-state index in [1.807, 2.05) is 31.2 Å². The lowest BCUT2D eigenvalue weighted by Gasteiger charge is -2.17. The minimum atomic E-state index is -2.99. The standard InChI is InChI=1S/C17H28N4O3S.HI/c1-5-14-7-6-8-15(11-14)21-16(22)12-19-17(18-3)20-13(2)9-10-25(4,23)24;/h6-8,11,13H,5,9-10,12H2,1-4H3,(H,21,22)(H2,18,19,20);1H. The van der Waals surface area contributed by atoms with Crippen molar-refractivity contribution in [1.29, 1.82) is 0 Å². The number of guanidine groups is 1. The topological polar surface area (TPSA) is 99.7 Å². The van der Waals surface area contributed by atoms with Gasteiger partial charge in [0, 0.05) is 25.0 Å². The van der Waals surface area contributed by atoms with E-state index in [2.05, 4.69) is 27.9 Å². The van der Waals surface area contributed by atoms with Crippen LogP contribution in [-0.4, -0.2) is 51.9 Å². The van der Waals surface area contributed by atoms with Crippen molar-refractivity contribution in [2.75, 3.05) is 30.9 Å². The second-order valence-electron chi connectivity index (χ2n) is 5.99. The lowest BCUT2D eigenvalue weighted by atomic mass is 10.1. The second kappa shape index (κ2) is 12.1. The fraction of sp³-hybridized carbons (Fsp3) is 0.529. The van der Waals surface area contributed by atoms with E-state index in [0.717, 1.165) is 17.7 Å². The zero-order chi connectivity index (χ0) is 18.9. The summed E-state index contributed by atoms with van der Waals surface area (Å²) < 4.78 is 22.4. The Balaban J connectivity index is 0.00000625. The van der Waals surface area contributed by atoms with Crippen molar-refractivity contribution in [3.05, 3.63) is 29.8 Å². The third-order valence-electron chi connectivity index (χ3n) is 3.56. The van der Waals surface area contributed by atoms with E-state index in [0.29, 0.717) is 12.4 Å². The van der Waals surface area contributed by atoms with Crippen LogP contribution in [0.2, 0.25) is 0 Å². The average molecular weight is 496 g/mol. The van der Waals surface area contributed by atoms with Crippen molar-refractivity contribution in [2.24, 2.45) is 4.99 Å². The molecule has 0 saturated carbocycles.